The second kappa shape index (κ2) is 7.02. The molecule has 0 saturated carbocycles. The molecular weight excluding hydrogens is 276 g/mol. The van der Waals surface area contributed by atoms with Crippen molar-refractivity contribution in [1.29, 1.82) is 0 Å². The molecule has 2 N–H and O–H groups in total. The summed E-state index contributed by atoms with van der Waals surface area (Å²) in [5.41, 5.74) is 3.84. The molecule has 116 valence electrons. The molecule has 0 spiro atoms. The Balaban J connectivity index is 2.02. The van der Waals surface area contributed by atoms with Gasteiger partial charge in [-0.2, -0.15) is 0 Å². The summed E-state index contributed by atoms with van der Waals surface area (Å²) >= 11 is 0. The molecule has 0 atom stereocenters. The lowest BCUT2D eigenvalue weighted by Gasteiger charge is -2.09. The van der Waals surface area contributed by atoms with Crippen molar-refractivity contribution in [1.82, 2.24) is 15.3 Å². The molecule has 1 heterocycles. The fraction of sp³-hybridized carbons (Fsp3) is 0.353. The summed E-state index contributed by atoms with van der Waals surface area (Å²) in [5.74, 6) is 0.741. The minimum atomic E-state index is -0.147. The molecule has 0 radical (unpaired) electrons. The van der Waals surface area contributed by atoms with Gasteiger partial charge in [0.15, 0.2) is 0 Å². The molecule has 1 amide bonds. The topological polar surface area (TPSA) is 66.9 Å². The number of carbonyl (C=O) groups is 1. The lowest BCUT2D eigenvalue weighted by molar-refractivity contribution is 0.0948. The third-order valence-electron chi connectivity index (χ3n) is 3.35. The monoisotopic (exact) mass is 298 g/mol. The second-order valence-corrected chi connectivity index (χ2v) is 5.82. The SMILES string of the molecule is Cc1ccc(Nc2ncc(C(=O)NCC(C)C)cn2)cc1C. The first kappa shape index (κ1) is 15.9. The highest BCUT2D eigenvalue weighted by atomic mass is 16.1. The summed E-state index contributed by atoms with van der Waals surface area (Å²) in [7, 11) is 0. The zero-order valence-electron chi connectivity index (χ0n) is 13.5. The number of benzene rings is 1. The van der Waals surface area contributed by atoms with Crippen LogP contribution in [0.5, 0.6) is 0 Å². The number of nitrogens with zero attached hydrogens (tertiary/aromatic N) is 2. The molecule has 0 aliphatic carbocycles. The predicted molar refractivity (Wildman–Crippen MR) is 88.4 cm³/mol. The molecule has 0 aliphatic heterocycles. The van der Waals surface area contributed by atoms with E-state index in [9.17, 15) is 4.79 Å². The Labute approximate surface area is 131 Å². The normalized spacial score (nSPS) is 10.6. The number of carbonyl (C=O) groups excluding carboxylic acids is 1. The smallest absolute Gasteiger partial charge is 0.254 e. The van der Waals surface area contributed by atoms with Gasteiger partial charge < -0.3 is 10.6 Å². The number of aromatic nitrogens is 2. The lowest BCUT2D eigenvalue weighted by Crippen LogP contribution is -2.27. The first-order valence-corrected chi connectivity index (χ1v) is 7.40. The molecule has 0 aliphatic rings. The maximum absolute atomic E-state index is 11.9. The van der Waals surface area contributed by atoms with Gasteiger partial charge in [0.2, 0.25) is 5.95 Å². The summed E-state index contributed by atoms with van der Waals surface area (Å²) < 4.78 is 0. The van der Waals surface area contributed by atoms with Crippen LogP contribution < -0.4 is 10.6 Å². The van der Waals surface area contributed by atoms with E-state index in [2.05, 4.69) is 34.4 Å². The van der Waals surface area contributed by atoms with E-state index in [4.69, 9.17) is 0 Å². The molecule has 5 heteroatoms. The maximum atomic E-state index is 11.9. The minimum absolute atomic E-state index is 0.147. The Morgan fingerprint density at radius 1 is 1.14 bits per heavy atom. The van der Waals surface area contributed by atoms with E-state index in [-0.39, 0.29) is 5.91 Å². The van der Waals surface area contributed by atoms with Crippen LogP contribution in [0.2, 0.25) is 0 Å². The van der Waals surface area contributed by atoms with Gasteiger partial charge in [0.05, 0.1) is 5.56 Å². The summed E-state index contributed by atoms with van der Waals surface area (Å²) in [5, 5.41) is 5.98. The molecule has 0 bridgehead atoms. The predicted octanol–water partition coefficient (Wildman–Crippen LogP) is 3.22. The summed E-state index contributed by atoms with van der Waals surface area (Å²) in [6.45, 7) is 8.87. The summed E-state index contributed by atoms with van der Waals surface area (Å²) in [6.07, 6.45) is 3.07. The quantitative estimate of drug-likeness (QED) is 0.889. The average Bonchev–Trinajstić information content (AvgIpc) is 2.49. The van der Waals surface area contributed by atoms with Gasteiger partial charge in [0, 0.05) is 24.6 Å². The third kappa shape index (κ3) is 4.28. The standard InChI is InChI=1S/C17H22N4O/c1-11(2)8-18-16(22)14-9-19-17(20-10-14)21-15-6-5-12(3)13(4)7-15/h5-7,9-11H,8H2,1-4H3,(H,18,22)(H,19,20,21). The Bertz CT molecular complexity index is 650. The Kier molecular flexibility index (Phi) is 5.09. The van der Waals surface area contributed by atoms with Crippen molar-refractivity contribution in [3.63, 3.8) is 0 Å². The van der Waals surface area contributed by atoms with Crippen LogP contribution in [-0.2, 0) is 0 Å². The van der Waals surface area contributed by atoms with Crippen molar-refractivity contribution in [2.75, 3.05) is 11.9 Å². The number of hydrogen-bond acceptors (Lipinski definition) is 4. The van der Waals surface area contributed by atoms with E-state index >= 15 is 0 Å². The fourth-order valence-corrected chi connectivity index (χ4v) is 1.86. The fourth-order valence-electron chi connectivity index (χ4n) is 1.86. The molecule has 22 heavy (non-hydrogen) atoms. The van der Waals surface area contributed by atoms with E-state index in [0.29, 0.717) is 24.0 Å². The largest absolute Gasteiger partial charge is 0.352 e. The summed E-state index contributed by atoms with van der Waals surface area (Å²) in [4.78, 5) is 20.3. The van der Waals surface area contributed by atoms with Crippen molar-refractivity contribution >= 4 is 17.5 Å². The number of anilines is 2. The molecule has 1 aromatic carbocycles. The van der Waals surface area contributed by atoms with Gasteiger partial charge in [-0.25, -0.2) is 9.97 Å². The van der Waals surface area contributed by atoms with Gasteiger partial charge in [-0.1, -0.05) is 19.9 Å². The molecular formula is C17H22N4O. The van der Waals surface area contributed by atoms with Crippen LogP contribution in [0, 0.1) is 19.8 Å². The summed E-state index contributed by atoms with van der Waals surface area (Å²) in [6, 6.07) is 6.07. The number of amides is 1. The lowest BCUT2D eigenvalue weighted by atomic mass is 10.1. The molecule has 0 fully saturated rings. The highest BCUT2D eigenvalue weighted by molar-refractivity contribution is 5.93. The van der Waals surface area contributed by atoms with Gasteiger partial charge in [0.25, 0.3) is 5.91 Å². The number of nitrogens with one attached hydrogen (secondary N) is 2. The first-order chi connectivity index (χ1) is 10.5. The van der Waals surface area contributed by atoms with Gasteiger partial charge >= 0.3 is 0 Å². The van der Waals surface area contributed by atoms with Crippen molar-refractivity contribution < 1.29 is 4.79 Å². The van der Waals surface area contributed by atoms with Crippen molar-refractivity contribution in [3.8, 4) is 0 Å². The van der Waals surface area contributed by atoms with E-state index in [0.717, 1.165) is 5.69 Å². The van der Waals surface area contributed by atoms with Crippen LogP contribution in [0.15, 0.2) is 30.6 Å². The molecule has 2 aromatic rings. The highest BCUT2D eigenvalue weighted by Gasteiger charge is 2.07. The van der Waals surface area contributed by atoms with Crippen molar-refractivity contribution in [2.45, 2.75) is 27.7 Å². The van der Waals surface area contributed by atoms with Crippen LogP contribution in [0.4, 0.5) is 11.6 Å². The van der Waals surface area contributed by atoms with Crippen LogP contribution in [0.1, 0.15) is 35.3 Å². The van der Waals surface area contributed by atoms with Crippen molar-refractivity contribution in [3.05, 3.63) is 47.3 Å². The highest BCUT2D eigenvalue weighted by Crippen LogP contribution is 2.17. The molecule has 2 rings (SSSR count). The molecule has 1 aromatic heterocycles. The number of hydrogen-bond donors (Lipinski definition) is 2. The Morgan fingerprint density at radius 3 is 2.41 bits per heavy atom. The Morgan fingerprint density at radius 2 is 1.82 bits per heavy atom. The third-order valence-corrected chi connectivity index (χ3v) is 3.35. The van der Waals surface area contributed by atoms with Gasteiger partial charge in [-0.3, -0.25) is 4.79 Å². The average molecular weight is 298 g/mol. The van der Waals surface area contributed by atoms with Gasteiger partial charge in [-0.05, 0) is 43.0 Å². The van der Waals surface area contributed by atoms with E-state index < -0.39 is 0 Å². The zero-order chi connectivity index (χ0) is 16.1. The van der Waals surface area contributed by atoms with Crippen LogP contribution in [-0.4, -0.2) is 22.4 Å². The zero-order valence-corrected chi connectivity index (χ0v) is 13.5. The van der Waals surface area contributed by atoms with Crippen LogP contribution in [0.25, 0.3) is 0 Å². The van der Waals surface area contributed by atoms with Crippen LogP contribution >= 0.6 is 0 Å². The van der Waals surface area contributed by atoms with Crippen molar-refractivity contribution in [2.24, 2.45) is 5.92 Å². The number of aryl methyl sites for hydroxylation is 2. The van der Waals surface area contributed by atoms with E-state index in [1.807, 2.05) is 32.0 Å². The second-order valence-electron chi connectivity index (χ2n) is 5.82. The molecule has 0 unspecified atom stereocenters. The van der Waals surface area contributed by atoms with Gasteiger partial charge in [-0.15, -0.1) is 0 Å². The minimum Gasteiger partial charge on any atom is -0.352 e. The van der Waals surface area contributed by atoms with E-state index in [1.165, 1.54) is 23.5 Å². The van der Waals surface area contributed by atoms with Gasteiger partial charge in [0.1, 0.15) is 0 Å². The number of rotatable bonds is 5. The molecule has 5 nitrogen and oxygen atoms in total. The van der Waals surface area contributed by atoms with Crippen LogP contribution in [0.3, 0.4) is 0 Å². The maximum Gasteiger partial charge on any atom is 0.254 e. The Hall–Kier alpha value is -2.43. The molecule has 0 saturated heterocycles. The first-order valence-electron chi connectivity index (χ1n) is 7.40. The van der Waals surface area contributed by atoms with E-state index in [1.54, 1.807) is 0 Å².